The molecular formula is C9H11N. The second-order valence-corrected chi connectivity index (χ2v) is 2.09. The first-order valence-corrected chi connectivity index (χ1v) is 3.08. The number of nitrogens with zero attached hydrogens (tertiary/aromatic N) is 1. The van der Waals surface area contributed by atoms with Gasteiger partial charge in [0.05, 0.1) is 6.07 Å². The van der Waals surface area contributed by atoms with E-state index in [2.05, 4.69) is 6.58 Å². The molecule has 0 fully saturated rings. The summed E-state index contributed by atoms with van der Waals surface area (Å²) >= 11 is 0. The zero-order chi connectivity index (χ0) is 7.98. The summed E-state index contributed by atoms with van der Waals surface area (Å²) < 4.78 is 0. The second kappa shape index (κ2) is 4.58. The van der Waals surface area contributed by atoms with Gasteiger partial charge in [0.1, 0.15) is 0 Å². The SMILES string of the molecule is C=C/C=C(C)\C=C(/C)C#N. The summed E-state index contributed by atoms with van der Waals surface area (Å²) in [6, 6.07) is 2.04. The summed E-state index contributed by atoms with van der Waals surface area (Å²) in [7, 11) is 0. The maximum absolute atomic E-state index is 8.38. The average Bonchev–Trinajstić information content (AvgIpc) is 1.88. The Morgan fingerprint density at radius 1 is 1.50 bits per heavy atom. The fraction of sp³-hybridized carbons (Fsp3) is 0.222. The van der Waals surface area contributed by atoms with Crippen LogP contribution >= 0.6 is 0 Å². The molecule has 0 heterocycles. The first-order valence-electron chi connectivity index (χ1n) is 3.08. The number of hydrogen-bond acceptors (Lipinski definition) is 1. The molecule has 0 aromatic rings. The average molecular weight is 133 g/mol. The minimum atomic E-state index is 0.718. The lowest BCUT2D eigenvalue weighted by Crippen LogP contribution is -1.70. The van der Waals surface area contributed by atoms with E-state index >= 15 is 0 Å². The Morgan fingerprint density at radius 2 is 2.10 bits per heavy atom. The Morgan fingerprint density at radius 3 is 2.50 bits per heavy atom. The third kappa shape index (κ3) is 3.68. The standard InChI is InChI=1S/C9H11N/c1-4-5-8(2)6-9(3)7-10/h4-6H,1H2,2-3H3/b8-5-,9-6+. The first-order chi connectivity index (χ1) is 4.70. The molecule has 0 saturated carbocycles. The van der Waals surface area contributed by atoms with Crippen molar-refractivity contribution in [1.82, 2.24) is 0 Å². The Labute approximate surface area is 62.0 Å². The van der Waals surface area contributed by atoms with Gasteiger partial charge in [0.25, 0.3) is 0 Å². The molecule has 0 atom stereocenters. The molecule has 1 heteroatoms. The Bertz CT molecular complexity index is 213. The van der Waals surface area contributed by atoms with E-state index in [1.165, 1.54) is 0 Å². The van der Waals surface area contributed by atoms with Crippen LogP contribution in [-0.2, 0) is 0 Å². The van der Waals surface area contributed by atoms with Crippen molar-refractivity contribution in [3.8, 4) is 6.07 Å². The summed E-state index contributed by atoms with van der Waals surface area (Å²) in [6.45, 7) is 7.26. The number of rotatable bonds is 2. The summed E-state index contributed by atoms with van der Waals surface area (Å²) in [5, 5.41) is 8.38. The molecule has 0 N–H and O–H groups in total. The fourth-order valence-electron chi connectivity index (χ4n) is 0.608. The normalized spacial score (nSPS) is 12.5. The van der Waals surface area contributed by atoms with Crippen molar-refractivity contribution in [2.75, 3.05) is 0 Å². The lowest BCUT2D eigenvalue weighted by molar-refractivity contribution is 1.40. The molecule has 0 rings (SSSR count). The van der Waals surface area contributed by atoms with Crippen LogP contribution in [0.25, 0.3) is 0 Å². The summed E-state index contributed by atoms with van der Waals surface area (Å²) in [6.07, 6.45) is 5.39. The van der Waals surface area contributed by atoms with E-state index in [1.54, 1.807) is 13.0 Å². The van der Waals surface area contributed by atoms with Crippen molar-refractivity contribution in [2.24, 2.45) is 0 Å². The van der Waals surface area contributed by atoms with Gasteiger partial charge in [-0.1, -0.05) is 24.3 Å². The van der Waals surface area contributed by atoms with Gasteiger partial charge >= 0.3 is 0 Å². The van der Waals surface area contributed by atoms with Crippen LogP contribution < -0.4 is 0 Å². The maximum atomic E-state index is 8.38. The van der Waals surface area contributed by atoms with E-state index in [1.807, 2.05) is 25.1 Å². The van der Waals surface area contributed by atoms with E-state index in [-0.39, 0.29) is 0 Å². The quantitative estimate of drug-likeness (QED) is 0.419. The van der Waals surface area contributed by atoms with Crippen molar-refractivity contribution in [3.63, 3.8) is 0 Å². The lowest BCUT2D eigenvalue weighted by Gasteiger charge is -1.87. The zero-order valence-electron chi connectivity index (χ0n) is 6.39. The van der Waals surface area contributed by atoms with Crippen LogP contribution in [0.1, 0.15) is 13.8 Å². The van der Waals surface area contributed by atoms with Gasteiger partial charge in [-0.05, 0) is 19.9 Å². The Balaban J connectivity index is 4.29. The van der Waals surface area contributed by atoms with Crippen molar-refractivity contribution in [3.05, 3.63) is 36.0 Å². The minimum absolute atomic E-state index is 0.718. The van der Waals surface area contributed by atoms with E-state index in [0.717, 1.165) is 11.1 Å². The highest BCUT2D eigenvalue weighted by Gasteiger charge is 1.83. The number of hydrogen-bond donors (Lipinski definition) is 0. The molecule has 0 aliphatic carbocycles. The second-order valence-electron chi connectivity index (χ2n) is 2.09. The molecule has 0 aliphatic heterocycles. The first kappa shape index (κ1) is 8.71. The van der Waals surface area contributed by atoms with Gasteiger partial charge in [-0.25, -0.2) is 0 Å². The highest BCUT2D eigenvalue weighted by molar-refractivity contribution is 5.30. The van der Waals surface area contributed by atoms with E-state index in [0.29, 0.717) is 0 Å². The zero-order valence-corrected chi connectivity index (χ0v) is 6.39. The number of allylic oxidation sites excluding steroid dienone is 5. The van der Waals surface area contributed by atoms with Crippen LogP contribution in [0.2, 0.25) is 0 Å². The van der Waals surface area contributed by atoms with E-state index in [9.17, 15) is 0 Å². The highest BCUT2D eigenvalue weighted by atomic mass is 14.2. The summed E-state index contributed by atoms with van der Waals surface area (Å²) in [5.74, 6) is 0. The van der Waals surface area contributed by atoms with Crippen molar-refractivity contribution >= 4 is 0 Å². The minimum Gasteiger partial charge on any atom is -0.193 e. The lowest BCUT2D eigenvalue weighted by atomic mass is 10.2. The van der Waals surface area contributed by atoms with Gasteiger partial charge < -0.3 is 0 Å². The van der Waals surface area contributed by atoms with Crippen LogP contribution in [0.5, 0.6) is 0 Å². The predicted octanol–water partition coefficient (Wildman–Crippen LogP) is 2.59. The topological polar surface area (TPSA) is 23.8 Å². The highest BCUT2D eigenvalue weighted by Crippen LogP contribution is 1.99. The Kier molecular flexibility index (Phi) is 3.99. The number of nitriles is 1. The van der Waals surface area contributed by atoms with Crippen LogP contribution in [0, 0.1) is 11.3 Å². The van der Waals surface area contributed by atoms with Gasteiger partial charge in [-0.3, -0.25) is 0 Å². The van der Waals surface area contributed by atoms with Crippen LogP contribution in [0.3, 0.4) is 0 Å². The molecule has 0 aromatic carbocycles. The smallest absolute Gasteiger partial charge is 0.0944 e. The maximum Gasteiger partial charge on any atom is 0.0944 e. The van der Waals surface area contributed by atoms with Crippen molar-refractivity contribution in [1.29, 1.82) is 5.26 Å². The van der Waals surface area contributed by atoms with E-state index in [4.69, 9.17) is 5.26 Å². The molecule has 10 heavy (non-hydrogen) atoms. The molecule has 52 valence electrons. The third-order valence-electron chi connectivity index (χ3n) is 1.00. The van der Waals surface area contributed by atoms with Gasteiger partial charge in [-0.2, -0.15) is 5.26 Å². The molecule has 0 radical (unpaired) electrons. The predicted molar refractivity (Wildman–Crippen MR) is 43.3 cm³/mol. The van der Waals surface area contributed by atoms with Gasteiger partial charge in [-0.15, -0.1) is 0 Å². The monoisotopic (exact) mass is 133 g/mol. The third-order valence-corrected chi connectivity index (χ3v) is 1.00. The molecule has 0 aliphatic rings. The van der Waals surface area contributed by atoms with Crippen molar-refractivity contribution < 1.29 is 0 Å². The molecule has 0 unspecified atom stereocenters. The molecular weight excluding hydrogens is 122 g/mol. The molecule has 0 amide bonds. The van der Waals surface area contributed by atoms with Gasteiger partial charge in [0.15, 0.2) is 0 Å². The van der Waals surface area contributed by atoms with Crippen LogP contribution in [0.4, 0.5) is 0 Å². The van der Waals surface area contributed by atoms with Gasteiger partial charge in [0.2, 0.25) is 0 Å². The van der Waals surface area contributed by atoms with Crippen LogP contribution in [-0.4, -0.2) is 0 Å². The van der Waals surface area contributed by atoms with Crippen molar-refractivity contribution in [2.45, 2.75) is 13.8 Å². The largest absolute Gasteiger partial charge is 0.193 e. The fourth-order valence-corrected chi connectivity index (χ4v) is 0.608. The molecule has 0 saturated heterocycles. The molecule has 1 nitrogen and oxygen atoms in total. The van der Waals surface area contributed by atoms with E-state index < -0.39 is 0 Å². The molecule has 0 spiro atoms. The summed E-state index contributed by atoms with van der Waals surface area (Å²) in [5.41, 5.74) is 1.77. The Hall–Kier alpha value is -1.29. The molecule has 0 aromatic heterocycles. The molecule has 0 bridgehead atoms. The summed E-state index contributed by atoms with van der Waals surface area (Å²) in [4.78, 5) is 0. The van der Waals surface area contributed by atoms with Gasteiger partial charge in [0, 0.05) is 5.57 Å². The van der Waals surface area contributed by atoms with Crippen LogP contribution in [0.15, 0.2) is 36.0 Å².